The van der Waals surface area contributed by atoms with Gasteiger partial charge in [0.2, 0.25) is 11.8 Å². The van der Waals surface area contributed by atoms with Crippen LogP contribution in [0.3, 0.4) is 0 Å². The van der Waals surface area contributed by atoms with Crippen LogP contribution in [0.4, 0.5) is 11.5 Å². The molecule has 0 radical (unpaired) electrons. The lowest BCUT2D eigenvalue weighted by atomic mass is 9.73. The van der Waals surface area contributed by atoms with E-state index in [1.807, 2.05) is 6.07 Å². The monoisotopic (exact) mass is 261 g/mol. The molecule has 0 unspecified atom stereocenters. The number of fused-ring (bicyclic) bond motifs is 1. The van der Waals surface area contributed by atoms with E-state index in [1.165, 1.54) is 6.42 Å². The highest BCUT2D eigenvalue weighted by Crippen LogP contribution is 2.40. The summed E-state index contributed by atoms with van der Waals surface area (Å²) in [6.07, 6.45) is 5.40. The van der Waals surface area contributed by atoms with Gasteiger partial charge in [-0.05, 0) is 18.9 Å². The minimum Gasteiger partial charge on any atom is -0.481 e. The van der Waals surface area contributed by atoms with Crippen LogP contribution < -0.4 is 15.4 Å². The summed E-state index contributed by atoms with van der Waals surface area (Å²) in [4.78, 5) is 16.9. The minimum atomic E-state index is -0.272. The van der Waals surface area contributed by atoms with Crippen LogP contribution in [0.15, 0.2) is 12.1 Å². The molecule has 5 heteroatoms. The van der Waals surface area contributed by atoms with E-state index in [1.54, 1.807) is 13.2 Å². The highest BCUT2D eigenvalue weighted by molar-refractivity contribution is 5.99. The second-order valence-electron chi connectivity index (χ2n) is 5.40. The fourth-order valence-electron chi connectivity index (χ4n) is 3.01. The maximum absolute atomic E-state index is 12.5. The van der Waals surface area contributed by atoms with Crippen LogP contribution in [0.2, 0.25) is 0 Å². The molecule has 1 spiro atoms. The fourth-order valence-corrected chi connectivity index (χ4v) is 3.01. The number of nitrogens with one attached hydrogen (secondary N) is 2. The number of carbonyl (C=O) groups excluding carboxylic acids is 1. The molecule has 0 atom stereocenters. The van der Waals surface area contributed by atoms with Crippen molar-refractivity contribution in [2.24, 2.45) is 5.41 Å². The quantitative estimate of drug-likeness (QED) is 0.815. The lowest BCUT2D eigenvalue weighted by Crippen LogP contribution is -2.41. The third-order valence-electron chi connectivity index (χ3n) is 4.21. The van der Waals surface area contributed by atoms with Crippen molar-refractivity contribution >= 4 is 17.4 Å². The summed E-state index contributed by atoms with van der Waals surface area (Å²) in [6, 6.07) is 3.60. The molecule has 1 aliphatic carbocycles. The van der Waals surface area contributed by atoms with Crippen LogP contribution in [-0.4, -0.2) is 24.5 Å². The van der Waals surface area contributed by atoms with E-state index < -0.39 is 0 Å². The van der Waals surface area contributed by atoms with Crippen molar-refractivity contribution in [3.63, 3.8) is 0 Å². The largest absolute Gasteiger partial charge is 0.481 e. The van der Waals surface area contributed by atoms with Gasteiger partial charge in [-0.15, -0.1) is 0 Å². The topological polar surface area (TPSA) is 63.2 Å². The molecule has 19 heavy (non-hydrogen) atoms. The van der Waals surface area contributed by atoms with Crippen molar-refractivity contribution in [2.75, 3.05) is 24.3 Å². The zero-order chi connectivity index (χ0) is 13.3. The molecular weight excluding hydrogens is 242 g/mol. The maximum Gasteiger partial charge on any atom is 0.232 e. The second-order valence-corrected chi connectivity index (χ2v) is 5.40. The third kappa shape index (κ3) is 2.13. The number of ether oxygens (including phenoxy) is 1. The van der Waals surface area contributed by atoms with Crippen molar-refractivity contribution in [3.8, 4) is 5.88 Å². The van der Waals surface area contributed by atoms with Gasteiger partial charge in [0, 0.05) is 12.6 Å². The molecule has 0 saturated heterocycles. The summed E-state index contributed by atoms with van der Waals surface area (Å²) >= 11 is 0. The molecule has 1 amide bonds. The van der Waals surface area contributed by atoms with Crippen molar-refractivity contribution in [1.29, 1.82) is 0 Å². The molecule has 3 rings (SSSR count). The molecule has 1 aromatic rings. The Morgan fingerprint density at radius 3 is 2.79 bits per heavy atom. The van der Waals surface area contributed by atoms with Crippen LogP contribution in [0, 0.1) is 5.41 Å². The van der Waals surface area contributed by atoms with E-state index >= 15 is 0 Å². The molecule has 0 aromatic carbocycles. The van der Waals surface area contributed by atoms with Gasteiger partial charge >= 0.3 is 0 Å². The zero-order valence-corrected chi connectivity index (χ0v) is 11.2. The van der Waals surface area contributed by atoms with E-state index in [0.717, 1.165) is 31.4 Å². The molecule has 1 fully saturated rings. The molecule has 1 saturated carbocycles. The van der Waals surface area contributed by atoms with Crippen LogP contribution >= 0.6 is 0 Å². The summed E-state index contributed by atoms with van der Waals surface area (Å²) in [6.45, 7) is 0.659. The molecule has 5 nitrogen and oxygen atoms in total. The smallest absolute Gasteiger partial charge is 0.232 e. The van der Waals surface area contributed by atoms with Gasteiger partial charge in [0.15, 0.2) is 5.82 Å². The van der Waals surface area contributed by atoms with E-state index in [-0.39, 0.29) is 11.3 Å². The average Bonchev–Trinajstić information content (AvgIpc) is 2.58. The predicted molar refractivity (Wildman–Crippen MR) is 73.4 cm³/mol. The highest BCUT2D eigenvalue weighted by Gasteiger charge is 2.41. The van der Waals surface area contributed by atoms with E-state index in [9.17, 15) is 4.79 Å². The Labute approximate surface area is 112 Å². The Morgan fingerprint density at radius 1 is 1.26 bits per heavy atom. The number of aromatic nitrogens is 1. The molecule has 2 heterocycles. The Kier molecular flexibility index (Phi) is 3.05. The number of nitrogens with zero attached hydrogens (tertiary/aromatic N) is 1. The van der Waals surface area contributed by atoms with Crippen LogP contribution in [0.1, 0.15) is 32.1 Å². The molecule has 102 valence electrons. The maximum atomic E-state index is 12.5. The van der Waals surface area contributed by atoms with Crippen LogP contribution in [-0.2, 0) is 4.79 Å². The van der Waals surface area contributed by atoms with Crippen LogP contribution in [0.5, 0.6) is 5.88 Å². The van der Waals surface area contributed by atoms with Crippen molar-refractivity contribution in [3.05, 3.63) is 12.1 Å². The molecule has 1 aliphatic heterocycles. The van der Waals surface area contributed by atoms with Gasteiger partial charge in [-0.2, -0.15) is 4.98 Å². The van der Waals surface area contributed by atoms with Gasteiger partial charge in [-0.25, -0.2) is 0 Å². The molecule has 1 aromatic heterocycles. The van der Waals surface area contributed by atoms with E-state index in [0.29, 0.717) is 18.2 Å². The number of amides is 1. The highest BCUT2D eigenvalue weighted by atomic mass is 16.5. The number of rotatable bonds is 1. The lowest BCUT2D eigenvalue weighted by Gasteiger charge is -2.34. The summed E-state index contributed by atoms with van der Waals surface area (Å²) < 4.78 is 5.12. The number of carbonyl (C=O) groups is 1. The standard InChI is InChI=1S/C14H19N3O2/c1-19-11-6-5-10-12(17-11)15-9-14(13(18)16-10)7-3-2-4-8-14/h5-6H,2-4,7-9H2,1H3,(H,15,17)(H,16,18). The van der Waals surface area contributed by atoms with Gasteiger partial charge in [0.05, 0.1) is 18.2 Å². The Bertz CT molecular complexity index is 495. The van der Waals surface area contributed by atoms with E-state index in [4.69, 9.17) is 4.74 Å². The first-order chi connectivity index (χ1) is 9.23. The first-order valence-corrected chi connectivity index (χ1v) is 6.84. The normalized spacial score (nSPS) is 21.0. The zero-order valence-electron chi connectivity index (χ0n) is 11.2. The molecule has 2 aliphatic rings. The third-order valence-corrected chi connectivity index (χ3v) is 4.21. The van der Waals surface area contributed by atoms with Gasteiger partial charge in [-0.3, -0.25) is 4.79 Å². The molecule has 0 bridgehead atoms. The number of anilines is 2. The number of pyridine rings is 1. The van der Waals surface area contributed by atoms with Gasteiger partial charge in [0.1, 0.15) is 0 Å². The van der Waals surface area contributed by atoms with Crippen LogP contribution in [0.25, 0.3) is 0 Å². The first-order valence-electron chi connectivity index (χ1n) is 6.84. The second kappa shape index (κ2) is 4.72. The number of methoxy groups -OCH3 is 1. The predicted octanol–water partition coefficient (Wildman–Crippen LogP) is 2.40. The summed E-state index contributed by atoms with van der Waals surface area (Å²) in [5.74, 6) is 1.39. The lowest BCUT2D eigenvalue weighted by molar-refractivity contribution is -0.126. The number of hydrogen-bond acceptors (Lipinski definition) is 4. The minimum absolute atomic E-state index is 0.130. The van der Waals surface area contributed by atoms with E-state index in [2.05, 4.69) is 15.6 Å². The Hall–Kier alpha value is -1.78. The Balaban J connectivity index is 1.90. The van der Waals surface area contributed by atoms with Gasteiger partial charge < -0.3 is 15.4 Å². The summed E-state index contributed by atoms with van der Waals surface area (Å²) in [5, 5.41) is 6.33. The Morgan fingerprint density at radius 2 is 2.05 bits per heavy atom. The summed E-state index contributed by atoms with van der Waals surface area (Å²) in [5.41, 5.74) is 0.472. The fraction of sp³-hybridized carbons (Fsp3) is 0.571. The number of hydrogen-bond donors (Lipinski definition) is 2. The van der Waals surface area contributed by atoms with Crippen molar-refractivity contribution in [1.82, 2.24) is 4.98 Å². The molecular formula is C14H19N3O2. The average molecular weight is 261 g/mol. The van der Waals surface area contributed by atoms with Crippen molar-refractivity contribution in [2.45, 2.75) is 32.1 Å². The first kappa shape index (κ1) is 12.3. The SMILES string of the molecule is COc1ccc2c(n1)NCC1(CCCCC1)C(=O)N2. The van der Waals surface area contributed by atoms with Gasteiger partial charge in [0.25, 0.3) is 0 Å². The molecule has 2 N–H and O–H groups in total. The van der Waals surface area contributed by atoms with Gasteiger partial charge in [-0.1, -0.05) is 19.3 Å². The van der Waals surface area contributed by atoms with Crippen molar-refractivity contribution < 1.29 is 9.53 Å². The summed E-state index contributed by atoms with van der Waals surface area (Å²) in [7, 11) is 1.59.